The van der Waals surface area contributed by atoms with E-state index in [1.165, 1.54) is 26.3 Å². The molecule has 1 rings (SSSR count). The third kappa shape index (κ3) is 2.87. The number of nitrogens with two attached hydrogens (primary N) is 1. The number of aliphatic imine (C=N–C) groups is 1. The van der Waals surface area contributed by atoms with Gasteiger partial charge in [0.05, 0.1) is 7.11 Å². The quantitative estimate of drug-likeness (QED) is 0.509. The Labute approximate surface area is 120 Å². The molecule has 3 N–H and O–H groups in total. The summed E-state index contributed by atoms with van der Waals surface area (Å²) in [5.41, 5.74) is 2.90. The van der Waals surface area contributed by atoms with Crippen molar-refractivity contribution in [3.63, 3.8) is 0 Å². The summed E-state index contributed by atoms with van der Waals surface area (Å²) >= 11 is 0. The molecule has 1 atom stereocenters. The number of alkyl halides is 3. The van der Waals surface area contributed by atoms with Gasteiger partial charge in [-0.25, -0.2) is 0 Å². The molecule has 0 spiro atoms. The van der Waals surface area contributed by atoms with Crippen LogP contribution < -0.4 is 10.5 Å². The van der Waals surface area contributed by atoms with Crippen LogP contribution in [0, 0.1) is 6.92 Å². The predicted octanol–water partition coefficient (Wildman–Crippen LogP) is 2.27. The molecule has 1 aromatic carbocycles. The highest BCUT2D eigenvalue weighted by Crippen LogP contribution is 2.44. The van der Waals surface area contributed by atoms with Gasteiger partial charge in [-0.15, -0.1) is 0 Å². The van der Waals surface area contributed by atoms with Crippen LogP contribution in [0.1, 0.15) is 16.7 Å². The number of ether oxygens (including phenoxy) is 1. The van der Waals surface area contributed by atoms with Gasteiger partial charge in [0.1, 0.15) is 11.6 Å². The Bertz CT molecular complexity index is 582. The van der Waals surface area contributed by atoms with E-state index in [9.17, 15) is 18.3 Å². The summed E-state index contributed by atoms with van der Waals surface area (Å²) in [5.74, 6) is 0.00780. The molecule has 0 aliphatic carbocycles. The van der Waals surface area contributed by atoms with Gasteiger partial charge in [-0.3, -0.25) is 4.99 Å². The van der Waals surface area contributed by atoms with Crippen LogP contribution in [0.25, 0.3) is 0 Å². The monoisotopic (exact) mass is 302 g/mol. The normalized spacial score (nSPS) is 15.5. The number of amidine groups is 1. The zero-order valence-corrected chi connectivity index (χ0v) is 12.0. The van der Waals surface area contributed by atoms with Gasteiger partial charge in [-0.2, -0.15) is 13.2 Å². The van der Waals surface area contributed by atoms with Crippen molar-refractivity contribution in [2.75, 3.05) is 14.2 Å². The summed E-state index contributed by atoms with van der Waals surface area (Å²) in [5, 5.41) is 9.97. The SMILES string of the molecule is C=CC(O)(c1cc(C)c(C(N)=NC)cc1OC)C(F)(F)F. The van der Waals surface area contributed by atoms with Gasteiger partial charge < -0.3 is 15.6 Å². The van der Waals surface area contributed by atoms with Gasteiger partial charge in [0, 0.05) is 18.2 Å². The summed E-state index contributed by atoms with van der Waals surface area (Å²) < 4.78 is 44.4. The van der Waals surface area contributed by atoms with E-state index < -0.39 is 17.3 Å². The van der Waals surface area contributed by atoms with Gasteiger partial charge >= 0.3 is 6.18 Å². The highest BCUT2D eigenvalue weighted by molar-refractivity contribution is 5.99. The Morgan fingerprint density at radius 3 is 2.38 bits per heavy atom. The molecule has 1 unspecified atom stereocenters. The smallest absolute Gasteiger partial charge is 0.425 e. The van der Waals surface area contributed by atoms with Gasteiger partial charge in [0.15, 0.2) is 0 Å². The van der Waals surface area contributed by atoms with Gasteiger partial charge in [0.25, 0.3) is 0 Å². The summed E-state index contributed by atoms with van der Waals surface area (Å²) in [6.45, 7) is 4.65. The molecular formula is C14H17F3N2O2. The van der Waals surface area contributed by atoms with Crippen molar-refractivity contribution in [3.05, 3.63) is 41.5 Å². The average Bonchev–Trinajstić information content (AvgIpc) is 2.43. The van der Waals surface area contributed by atoms with Crippen LogP contribution >= 0.6 is 0 Å². The van der Waals surface area contributed by atoms with E-state index >= 15 is 0 Å². The van der Waals surface area contributed by atoms with Gasteiger partial charge in [-0.1, -0.05) is 6.58 Å². The van der Waals surface area contributed by atoms with E-state index in [4.69, 9.17) is 10.5 Å². The fourth-order valence-corrected chi connectivity index (χ4v) is 1.93. The molecule has 4 nitrogen and oxygen atoms in total. The van der Waals surface area contributed by atoms with Crippen molar-refractivity contribution < 1.29 is 23.0 Å². The maximum atomic E-state index is 13.1. The highest BCUT2D eigenvalue weighted by Gasteiger charge is 2.54. The fraction of sp³-hybridized carbons (Fsp3) is 0.357. The molecule has 0 aliphatic rings. The lowest BCUT2D eigenvalue weighted by Crippen LogP contribution is -2.40. The molecule has 0 aliphatic heterocycles. The molecule has 0 heterocycles. The predicted molar refractivity (Wildman–Crippen MR) is 74.5 cm³/mol. The van der Waals surface area contributed by atoms with Gasteiger partial charge in [0.2, 0.25) is 5.60 Å². The number of aliphatic hydroxyl groups is 1. The molecule has 0 fully saturated rings. The zero-order chi connectivity index (χ0) is 16.4. The minimum atomic E-state index is -4.93. The Balaban J connectivity index is 3.66. The van der Waals surface area contributed by atoms with Crippen LogP contribution in [-0.2, 0) is 5.60 Å². The van der Waals surface area contributed by atoms with Crippen LogP contribution in [0.15, 0.2) is 29.8 Å². The Morgan fingerprint density at radius 2 is 2.00 bits per heavy atom. The van der Waals surface area contributed by atoms with E-state index in [0.717, 1.165) is 0 Å². The molecule has 0 aromatic heterocycles. The number of aryl methyl sites for hydroxylation is 1. The van der Waals surface area contributed by atoms with E-state index in [2.05, 4.69) is 11.6 Å². The number of methoxy groups -OCH3 is 1. The topological polar surface area (TPSA) is 67.8 Å². The minimum absolute atomic E-state index is 0.151. The molecule has 0 radical (unpaired) electrons. The van der Waals surface area contributed by atoms with Crippen molar-refractivity contribution in [2.24, 2.45) is 10.7 Å². The third-order valence-electron chi connectivity index (χ3n) is 3.20. The van der Waals surface area contributed by atoms with Crippen LogP contribution in [0.3, 0.4) is 0 Å². The zero-order valence-electron chi connectivity index (χ0n) is 12.0. The second-order valence-corrected chi connectivity index (χ2v) is 4.44. The Morgan fingerprint density at radius 1 is 1.43 bits per heavy atom. The first-order valence-electron chi connectivity index (χ1n) is 5.96. The molecule has 0 bridgehead atoms. The summed E-state index contributed by atoms with van der Waals surface area (Å²) in [6, 6.07) is 2.48. The van der Waals surface area contributed by atoms with Gasteiger partial charge in [-0.05, 0) is 30.7 Å². The van der Waals surface area contributed by atoms with Crippen LogP contribution in [0.2, 0.25) is 0 Å². The van der Waals surface area contributed by atoms with Crippen molar-refractivity contribution in [3.8, 4) is 5.75 Å². The minimum Gasteiger partial charge on any atom is -0.496 e. The molecule has 116 valence electrons. The number of hydrogen-bond donors (Lipinski definition) is 2. The maximum absolute atomic E-state index is 13.1. The third-order valence-corrected chi connectivity index (χ3v) is 3.20. The van der Waals surface area contributed by atoms with E-state index in [1.54, 1.807) is 6.92 Å². The molecule has 1 aromatic rings. The number of benzene rings is 1. The fourth-order valence-electron chi connectivity index (χ4n) is 1.93. The van der Waals surface area contributed by atoms with E-state index in [1.807, 2.05) is 0 Å². The number of hydrogen-bond acceptors (Lipinski definition) is 3. The first-order valence-corrected chi connectivity index (χ1v) is 5.96. The molecule has 0 saturated carbocycles. The van der Waals surface area contributed by atoms with Crippen molar-refractivity contribution in [1.29, 1.82) is 0 Å². The summed E-state index contributed by atoms with van der Waals surface area (Å²) in [7, 11) is 2.67. The second kappa shape index (κ2) is 5.77. The molecule has 0 saturated heterocycles. The van der Waals surface area contributed by atoms with Crippen LogP contribution in [-0.4, -0.2) is 31.3 Å². The van der Waals surface area contributed by atoms with Crippen molar-refractivity contribution in [2.45, 2.75) is 18.7 Å². The molecule has 7 heteroatoms. The Hall–Kier alpha value is -2.02. The first kappa shape index (κ1) is 17.0. The maximum Gasteiger partial charge on any atom is 0.425 e. The molecule has 0 amide bonds. The first-order chi connectivity index (χ1) is 9.62. The number of halogens is 3. The largest absolute Gasteiger partial charge is 0.496 e. The standard InChI is InChI=1S/C14H17F3N2O2/c1-5-13(20,14(15,16)17)10-6-8(2)9(12(18)19-3)7-11(10)21-4/h5-7,20H,1H2,2-4H3,(H2,18,19). The average molecular weight is 302 g/mol. The highest BCUT2D eigenvalue weighted by atomic mass is 19.4. The lowest BCUT2D eigenvalue weighted by atomic mass is 9.89. The number of nitrogens with zero attached hydrogens (tertiary/aromatic N) is 1. The molecule has 21 heavy (non-hydrogen) atoms. The molecular weight excluding hydrogens is 285 g/mol. The number of rotatable bonds is 4. The van der Waals surface area contributed by atoms with E-state index in [-0.39, 0.29) is 11.6 Å². The second-order valence-electron chi connectivity index (χ2n) is 4.44. The van der Waals surface area contributed by atoms with Crippen molar-refractivity contribution in [1.82, 2.24) is 0 Å². The summed E-state index contributed by atoms with van der Waals surface area (Å²) in [6.07, 6.45) is -4.50. The van der Waals surface area contributed by atoms with Crippen LogP contribution in [0.5, 0.6) is 5.75 Å². The Kier molecular flexibility index (Phi) is 4.68. The van der Waals surface area contributed by atoms with Crippen LogP contribution in [0.4, 0.5) is 13.2 Å². The lowest BCUT2D eigenvalue weighted by Gasteiger charge is -2.29. The summed E-state index contributed by atoms with van der Waals surface area (Å²) in [4.78, 5) is 3.79. The van der Waals surface area contributed by atoms with Crippen molar-refractivity contribution >= 4 is 5.84 Å². The van der Waals surface area contributed by atoms with E-state index in [0.29, 0.717) is 17.2 Å². The lowest BCUT2D eigenvalue weighted by molar-refractivity contribution is -0.245.